The summed E-state index contributed by atoms with van der Waals surface area (Å²) in [7, 11) is 0. The number of thiazole rings is 1. The van der Waals surface area contributed by atoms with Gasteiger partial charge < -0.3 is 22.2 Å². The molecule has 1 aromatic carbocycles. The number of aromatic nitrogens is 1. The molecule has 0 saturated heterocycles. The third-order valence-electron chi connectivity index (χ3n) is 3.00. The fraction of sp³-hybridized carbons (Fsp3) is 0.286. The Balaban J connectivity index is 0.00000200. The second-order valence-corrected chi connectivity index (χ2v) is 6.45. The average molecular weight is 467 g/mol. The van der Waals surface area contributed by atoms with Crippen LogP contribution in [0.1, 0.15) is 23.2 Å². The normalized spacial score (nSPS) is 11.2. The van der Waals surface area contributed by atoms with Gasteiger partial charge in [-0.1, -0.05) is 35.5 Å². The lowest BCUT2D eigenvalue weighted by molar-refractivity contribution is -0.689. The molecule has 1 aromatic heterocycles. The van der Waals surface area contributed by atoms with Gasteiger partial charge in [0.1, 0.15) is 0 Å². The number of halogens is 2. The molecule has 0 aliphatic carbocycles. The quantitative estimate of drug-likeness (QED) is 0.229. The summed E-state index contributed by atoms with van der Waals surface area (Å²) in [4.78, 5) is 0. The van der Waals surface area contributed by atoms with E-state index < -0.39 is 0 Å². The van der Waals surface area contributed by atoms with Crippen molar-refractivity contribution in [3.05, 3.63) is 49.5 Å². The molecule has 1 heterocycles. The summed E-state index contributed by atoms with van der Waals surface area (Å²) < 4.78 is 3.38. The lowest BCUT2D eigenvalue weighted by atomic mass is 10.1. The van der Waals surface area contributed by atoms with E-state index in [-0.39, 0.29) is 17.0 Å². The Kier molecular flexibility index (Phi) is 7.11. The summed E-state index contributed by atoms with van der Waals surface area (Å²) in [6, 6.07) is 8.02. The molecule has 2 aromatic rings. The highest BCUT2D eigenvalue weighted by Gasteiger charge is 2.19. The molecular weight excluding hydrogens is 451 g/mol. The highest BCUT2D eigenvalue weighted by Crippen LogP contribution is 2.11. The molecule has 0 fully saturated rings. The highest BCUT2D eigenvalue weighted by atomic mass is 127. The number of hydrogen-bond donors (Lipinski definition) is 1. The molecule has 0 aliphatic heterocycles. The fourth-order valence-corrected chi connectivity index (χ4v) is 3.23. The van der Waals surface area contributed by atoms with Crippen molar-refractivity contribution in [2.24, 2.45) is 5.16 Å². The van der Waals surface area contributed by atoms with Crippen LogP contribution >= 0.6 is 33.9 Å². The van der Waals surface area contributed by atoms with E-state index in [9.17, 15) is 5.21 Å². The van der Waals surface area contributed by atoms with Crippen LogP contribution in [-0.4, -0.2) is 10.9 Å². The Morgan fingerprint density at radius 1 is 1.35 bits per heavy atom. The van der Waals surface area contributed by atoms with E-state index in [1.54, 1.807) is 11.3 Å². The van der Waals surface area contributed by atoms with Crippen molar-refractivity contribution in [1.82, 2.24) is 0 Å². The smallest absolute Gasteiger partial charge is 0.237 e. The Labute approximate surface area is 147 Å². The average Bonchev–Trinajstić information content (AvgIpc) is 2.78. The summed E-state index contributed by atoms with van der Waals surface area (Å²) in [5.41, 5.74) is 2.86. The molecule has 0 unspecified atom stereocenters. The molecule has 108 valence electrons. The van der Waals surface area contributed by atoms with Gasteiger partial charge in [-0.25, -0.2) is 0 Å². The van der Waals surface area contributed by atoms with E-state index in [1.165, 1.54) is 14.3 Å². The largest absolute Gasteiger partial charge is 1.00 e. The molecule has 3 nitrogen and oxygen atoms in total. The predicted octanol–water partition coefficient (Wildman–Crippen LogP) is 0.394. The van der Waals surface area contributed by atoms with Gasteiger partial charge in [0.25, 0.3) is 0 Å². The number of aryl methyl sites for hydroxylation is 2. The van der Waals surface area contributed by atoms with Gasteiger partial charge in [-0.3, -0.25) is 0 Å². The first-order valence-electron chi connectivity index (χ1n) is 6.09. The van der Waals surface area contributed by atoms with Gasteiger partial charge in [0.15, 0.2) is 18.0 Å². The summed E-state index contributed by atoms with van der Waals surface area (Å²) >= 11 is 4.02. The van der Waals surface area contributed by atoms with Gasteiger partial charge in [0.05, 0.1) is 5.38 Å². The zero-order valence-corrected chi connectivity index (χ0v) is 15.9. The van der Waals surface area contributed by atoms with Crippen molar-refractivity contribution in [3.8, 4) is 0 Å². The molecule has 0 amide bonds. The summed E-state index contributed by atoms with van der Waals surface area (Å²) in [5, 5.41) is 16.2. The first-order chi connectivity index (χ1) is 9.15. The zero-order chi connectivity index (χ0) is 13.8. The van der Waals surface area contributed by atoms with E-state index in [4.69, 9.17) is 0 Å². The SMILES string of the molecule is CCc1scc(C)[n+]1CC(=NO)c1ccc(I)cc1.[Br-]. The molecule has 0 atom stereocenters. The molecule has 0 radical (unpaired) electrons. The minimum absolute atomic E-state index is 0. The topological polar surface area (TPSA) is 36.5 Å². The second-order valence-electron chi connectivity index (χ2n) is 4.26. The first-order valence-corrected chi connectivity index (χ1v) is 8.05. The number of nitrogens with zero attached hydrogens (tertiary/aromatic N) is 2. The Morgan fingerprint density at radius 3 is 2.55 bits per heavy atom. The van der Waals surface area contributed by atoms with Crippen molar-refractivity contribution in [3.63, 3.8) is 0 Å². The minimum atomic E-state index is 0. The molecule has 0 spiro atoms. The lowest BCUT2D eigenvalue weighted by Crippen LogP contribution is -3.00. The summed E-state index contributed by atoms with van der Waals surface area (Å²) in [6.07, 6.45) is 0.990. The number of benzene rings is 1. The van der Waals surface area contributed by atoms with E-state index in [1.807, 2.05) is 24.3 Å². The van der Waals surface area contributed by atoms with Crippen LogP contribution in [-0.2, 0) is 13.0 Å². The van der Waals surface area contributed by atoms with Crippen LogP contribution in [0.25, 0.3) is 0 Å². The van der Waals surface area contributed by atoms with Gasteiger partial charge in [-0.2, -0.15) is 4.57 Å². The Bertz CT molecular complexity index is 596. The third kappa shape index (κ3) is 4.02. The van der Waals surface area contributed by atoms with Gasteiger partial charge >= 0.3 is 0 Å². The van der Waals surface area contributed by atoms with Gasteiger partial charge in [-0.15, -0.1) is 0 Å². The first kappa shape index (κ1) is 17.6. The second kappa shape index (κ2) is 8.09. The van der Waals surface area contributed by atoms with Crippen molar-refractivity contribution >= 4 is 39.6 Å². The van der Waals surface area contributed by atoms with E-state index in [0.717, 1.165) is 12.0 Å². The maximum atomic E-state index is 9.28. The fourth-order valence-electron chi connectivity index (χ4n) is 1.94. The monoisotopic (exact) mass is 466 g/mol. The summed E-state index contributed by atoms with van der Waals surface area (Å²) in [6.45, 7) is 4.83. The van der Waals surface area contributed by atoms with Crippen molar-refractivity contribution in [1.29, 1.82) is 0 Å². The number of hydrogen-bond acceptors (Lipinski definition) is 3. The third-order valence-corrected chi connectivity index (χ3v) is 4.96. The van der Waals surface area contributed by atoms with E-state index in [2.05, 4.69) is 51.5 Å². The van der Waals surface area contributed by atoms with Gasteiger partial charge in [-0.05, 0) is 34.7 Å². The maximum absolute atomic E-state index is 9.28. The minimum Gasteiger partial charge on any atom is -1.00 e. The molecule has 0 aliphatic rings. The summed E-state index contributed by atoms with van der Waals surface area (Å²) in [5.74, 6) is 0. The molecule has 20 heavy (non-hydrogen) atoms. The van der Waals surface area contributed by atoms with Crippen molar-refractivity contribution in [2.45, 2.75) is 26.8 Å². The van der Waals surface area contributed by atoms with Gasteiger partial charge in [0, 0.05) is 22.5 Å². The maximum Gasteiger partial charge on any atom is 0.237 e. The van der Waals surface area contributed by atoms with Crippen LogP contribution in [0, 0.1) is 10.5 Å². The molecule has 0 saturated carbocycles. The zero-order valence-electron chi connectivity index (χ0n) is 11.3. The molecule has 1 N–H and O–H groups in total. The van der Waals surface area contributed by atoms with Crippen LogP contribution in [0.2, 0.25) is 0 Å². The molecule has 6 heteroatoms. The highest BCUT2D eigenvalue weighted by molar-refractivity contribution is 14.1. The molecule has 0 bridgehead atoms. The van der Waals surface area contributed by atoms with Gasteiger partial charge in [0.2, 0.25) is 5.01 Å². The van der Waals surface area contributed by atoms with Crippen LogP contribution in [0.5, 0.6) is 0 Å². The molecular formula is C14H16BrIN2OS. The van der Waals surface area contributed by atoms with Crippen LogP contribution < -0.4 is 21.5 Å². The Morgan fingerprint density at radius 2 is 2.00 bits per heavy atom. The van der Waals surface area contributed by atoms with Crippen LogP contribution in [0.4, 0.5) is 0 Å². The van der Waals surface area contributed by atoms with E-state index in [0.29, 0.717) is 12.3 Å². The standard InChI is InChI=1S/C14H15IN2OS.BrH/c1-3-14-17(10(2)9-19-14)8-13(16-18)11-4-6-12(15)7-5-11;/h4-7,9H,3,8H2,1-2H3;1H. The van der Waals surface area contributed by atoms with E-state index >= 15 is 0 Å². The lowest BCUT2D eigenvalue weighted by Gasteiger charge is -2.03. The van der Waals surface area contributed by atoms with Crippen molar-refractivity contribution in [2.75, 3.05) is 0 Å². The number of oxime groups is 1. The van der Waals surface area contributed by atoms with Crippen LogP contribution in [0.15, 0.2) is 34.8 Å². The van der Waals surface area contributed by atoms with Crippen LogP contribution in [0.3, 0.4) is 0 Å². The van der Waals surface area contributed by atoms with Crippen molar-refractivity contribution < 1.29 is 26.8 Å². The molecule has 2 rings (SSSR count). The predicted molar refractivity (Wildman–Crippen MR) is 86.1 cm³/mol. The Hall–Kier alpha value is -0.470. The number of rotatable bonds is 4.